The van der Waals surface area contributed by atoms with Gasteiger partial charge in [0.25, 0.3) is 0 Å². The summed E-state index contributed by atoms with van der Waals surface area (Å²) in [7, 11) is 0. The van der Waals surface area contributed by atoms with E-state index < -0.39 is 0 Å². The Labute approximate surface area is 210 Å². The van der Waals surface area contributed by atoms with Crippen molar-refractivity contribution in [3.8, 4) is 0 Å². The summed E-state index contributed by atoms with van der Waals surface area (Å²) in [6.45, 7) is 3.33. The lowest BCUT2D eigenvalue weighted by Crippen LogP contribution is -2.40. The van der Waals surface area contributed by atoms with Crippen LogP contribution in [-0.2, 0) is 0 Å². The fourth-order valence-corrected chi connectivity index (χ4v) is 5.73. The molecule has 0 amide bonds. The third-order valence-corrected chi connectivity index (χ3v) is 7.43. The summed E-state index contributed by atoms with van der Waals surface area (Å²) in [6.07, 6.45) is 16.7. The molecule has 33 heavy (non-hydrogen) atoms. The molecule has 180 valence electrons. The van der Waals surface area contributed by atoms with Crippen LogP contribution in [0.25, 0.3) is 10.9 Å². The van der Waals surface area contributed by atoms with Gasteiger partial charge in [0.2, 0.25) is 0 Å². The van der Waals surface area contributed by atoms with Crippen LogP contribution in [0.5, 0.6) is 0 Å². The Morgan fingerprint density at radius 2 is 1.67 bits per heavy atom. The van der Waals surface area contributed by atoms with Crippen LogP contribution < -0.4 is 10.6 Å². The fourth-order valence-electron chi connectivity index (χ4n) is 5.73. The van der Waals surface area contributed by atoms with Gasteiger partial charge < -0.3 is 15.2 Å². The maximum absolute atomic E-state index is 4.29. The molecule has 0 radical (unpaired) electrons. The van der Waals surface area contributed by atoms with Gasteiger partial charge in [-0.2, -0.15) is 0 Å². The molecule has 3 heterocycles. The number of hydrogen-bond donors (Lipinski definition) is 2. The van der Waals surface area contributed by atoms with Gasteiger partial charge >= 0.3 is 0 Å². The molecule has 1 aliphatic carbocycles. The van der Waals surface area contributed by atoms with E-state index in [0.717, 1.165) is 26.1 Å². The zero-order chi connectivity index (χ0) is 20.9. The number of benzene rings is 1. The van der Waals surface area contributed by atoms with Gasteiger partial charge in [-0.3, -0.25) is 4.98 Å². The number of fused-ring (bicyclic) bond motifs is 1. The molecule has 4 nitrogen and oxygen atoms in total. The number of para-hydroxylation sites is 1. The minimum Gasteiger partial charge on any atom is -0.344 e. The van der Waals surface area contributed by atoms with Crippen molar-refractivity contribution < 1.29 is 0 Å². The van der Waals surface area contributed by atoms with Crippen LogP contribution in [0.3, 0.4) is 0 Å². The fraction of sp³-hybridized carbons (Fsp3) is 0.519. The quantitative estimate of drug-likeness (QED) is 0.412. The first-order valence-electron chi connectivity index (χ1n) is 12.3. The molecule has 2 aliphatic rings. The average Bonchev–Trinajstić information content (AvgIpc) is 3.23. The van der Waals surface area contributed by atoms with Crippen LogP contribution in [-0.4, -0.2) is 35.2 Å². The van der Waals surface area contributed by atoms with Crippen molar-refractivity contribution >= 4 is 35.7 Å². The number of rotatable bonds is 7. The molecule has 1 unspecified atom stereocenters. The molecule has 3 aromatic rings. The van der Waals surface area contributed by atoms with Crippen molar-refractivity contribution in [3.05, 3.63) is 66.1 Å². The zero-order valence-electron chi connectivity index (χ0n) is 19.4. The van der Waals surface area contributed by atoms with Crippen LogP contribution in [0.1, 0.15) is 74.5 Å². The topological polar surface area (TPSA) is 41.9 Å². The summed E-state index contributed by atoms with van der Waals surface area (Å²) >= 11 is 0. The Morgan fingerprint density at radius 3 is 2.42 bits per heavy atom. The van der Waals surface area contributed by atoms with Gasteiger partial charge in [-0.25, -0.2) is 0 Å². The largest absolute Gasteiger partial charge is 0.344 e. The van der Waals surface area contributed by atoms with Crippen LogP contribution in [0.4, 0.5) is 0 Å². The number of piperidine rings is 1. The van der Waals surface area contributed by atoms with E-state index in [-0.39, 0.29) is 24.8 Å². The third kappa shape index (κ3) is 6.10. The summed E-state index contributed by atoms with van der Waals surface area (Å²) in [5.74, 6) is 0.395. The second-order valence-electron chi connectivity index (χ2n) is 9.40. The Bertz CT molecular complexity index is 963. The summed E-state index contributed by atoms with van der Waals surface area (Å²) in [6, 6.07) is 14.8. The molecule has 1 aliphatic heterocycles. The molecule has 2 aromatic heterocycles. The van der Waals surface area contributed by atoms with Crippen LogP contribution >= 0.6 is 24.8 Å². The maximum atomic E-state index is 4.29. The number of nitrogens with one attached hydrogen (secondary N) is 2. The van der Waals surface area contributed by atoms with Crippen LogP contribution in [0.15, 0.2) is 55.0 Å². The van der Waals surface area contributed by atoms with E-state index in [9.17, 15) is 0 Å². The highest BCUT2D eigenvalue weighted by Gasteiger charge is 2.24. The van der Waals surface area contributed by atoms with Gasteiger partial charge in [0.1, 0.15) is 0 Å². The highest BCUT2D eigenvalue weighted by atomic mass is 35.5. The molecule has 1 saturated heterocycles. The van der Waals surface area contributed by atoms with Crippen molar-refractivity contribution in [2.24, 2.45) is 0 Å². The van der Waals surface area contributed by atoms with E-state index in [1.165, 1.54) is 67.0 Å². The molecular weight excluding hydrogens is 451 g/mol. The molecule has 0 spiro atoms. The second-order valence-corrected chi connectivity index (χ2v) is 9.40. The van der Waals surface area contributed by atoms with Gasteiger partial charge in [0.15, 0.2) is 0 Å². The Balaban J connectivity index is 0.00000153. The molecule has 2 N–H and O–H groups in total. The average molecular weight is 490 g/mol. The highest BCUT2D eigenvalue weighted by Crippen LogP contribution is 2.38. The van der Waals surface area contributed by atoms with Crippen molar-refractivity contribution in [2.45, 2.75) is 69.4 Å². The van der Waals surface area contributed by atoms with Crippen molar-refractivity contribution in [2.75, 3.05) is 19.6 Å². The smallest absolute Gasteiger partial charge is 0.0485 e. The van der Waals surface area contributed by atoms with E-state index in [4.69, 9.17) is 0 Å². The Kier molecular flexibility index (Phi) is 10.1. The lowest BCUT2D eigenvalue weighted by Gasteiger charge is -2.25. The third-order valence-electron chi connectivity index (χ3n) is 7.43. The number of aromatic nitrogens is 2. The van der Waals surface area contributed by atoms with E-state index in [0.29, 0.717) is 18.0 Å². The number of pyridine rings is 1. The van der Waals surface area contributed by atoms with Gasteiger partial charge in [-0.15, -0.1) is 24.8 Å². The summed E-state index contributed by atoms with van der Waals surface area (Å²) in [5, 5.41) is 8.74. The minimum atomic E-state index is 0. The summed E-state index contributed by atoms with van der Waals surface area (Å²) < 4.78 is 2.61. The molecule has 0 bridgehead atoms. The van der Waals surface area contributed by atoms with Gasteiger partial charge in [-0.1, -0.05) is 37.5 Å². The van der Waals surface area contributed by atoms with Crippen LogP contribution in [0, 0.1) is 0 Å². The second kappa shape index (κ2) is 12.8. The number of hydrogen-bond acceptors (Lipinski definition) is 3. The molecule has 5 rings (SSSR count). The van der Waals surface area contributed by atoms with Crippen molar-refractivity contribution in [1.29, 1.82) is 0 Å². The Morgan fingerprint density at radius 1 is 0.939 bits per heavy atom. The first-order valence-corrected chi connectivity index (χ1v) is 12.3. The Hall–Kier alpha value is -1.59. The predicted octanol–water partition coefficient (Wildman–Crippen LogP) is 6.25. The molecule has 6 heteroatoms. The lowest BCUT2D eigenvalue weighted by atomic mass is 9.88. The number of nitrogens with zero attached hydrogens (tertiary/aromatic N) is 2. The predicted molar refractivity (Wildman–Crippen MR) is 143 cm³/mol. The van der Waals surface area contributed by atoms with Gasteiger partial charge in [0.05, 0.1) is 0 Å². The van der Waals surface area contributed by atoms with Gasteiger partial charge in [0, 0.05) is 47.5 Å². The van der Waals surface area contributed by atoms with Crippen molar-refractivity contribution in [3.63, 3.8) is 0 Å². The van der Waals surface area contributed by atoms with E-state index >= 15 is 0 Å². The van der Waals surface area contributed by atoms with Crippen molar-refractivity contribution in [1.82, 2.24) is 20.2 Å². The van der Waals surface area contributed by atoms with Gasteiger partial charge in [-0.05, 0) is 81.1 Å². The number of halogens is 2. The minimum absolute atomic E-state index is 0. The monoisotopic (exact) mass is 488 g/mol. The van der Waals surface area contributed by atoms with Crippen LogP contribution in [0.2, 0.25) is 0 Å². The summed E-state index contributed by atoms with van der Waals surface area (Å²) in [5.41, 5.74) is 4.28. The van der Waals surface area contributed by atoms with E-state index in [2.05, 4.69) is 62.8 Å². The molecule has 1 saturated carbocycles. The lowest BCUT2D eigenvalue weighted by molar-refractivity contribution is 0.360. The first kappa shape index (κ1) is 26.0. The maximum Gasteiger partial charge on any atom is 0.0485 e. The normalized spacial score (nSPS) is 18.4. The summed E-state index contributed by atoms with van der Waals surface area (Å²) in [4.78, 5) is 4.29. The zero-order valence-corrected chi connectivity index (χ0v) is 21.1. The molecular formula is C27H38Cl2N4. The van der Waals surface area contributed by atoms with E-state index in [1.54, 1.807) is 0 Å². The highest BCUT2D eigenvalue weighted by molar-refractivity contribution is 5.86. The SMILES string of the molecule is Cl.Cl.c1ccc2c(c1)c(C(CCNC1CCNCC1)c1ccncc1)cn2C1CCCCC1. The van der Waals surface area contributed by atoms with E-state index in [1.807, 2.05) is 12.4 Å². The molecule has 1 atom stereocenters. The first-order chi connectivity index (χ1) is 15.4. The molecule has 2 fully saturated rings. The standard InChI is InChI=1S/C27H36N4.2ClH/c1-2-6-23(7-3-1)31-20-26(25-8-4-5-9-27(25)31)24(21-10-15-28-16-11-21)14-19-30-22-12-17-29-18-13-22;;/h4-5,8-11,15-16,20,22-24,29-30H,1-3,6-7,12-14,17-19H2;2*1H. The molecule has 1 aromatic carbocycles.